The SMILES string of the molecule is O=C(CCCNC(=O)C1CC1)Nc1cccc(NC(=O)c2cccnc2)c1. The molecule has 0 bridgehead atoms. The van der Waals surface area contributed by atoms with E-state index >= 15 is 0 Å². The van der Waals surface area contributed by atoms with Gasteiger partial charge in [-0.25, -0.2) is 0 Å². The second-order valence-corrected chi connectivity index (χ2v) is 6.49. The molecule has 1 fully saturated rings. The van der Waals surface area contributed by atoms with E-state index in [0.717, 1.165) is 12.8 Å². The van der Waals surface area contributed by atoms with Crippen LogP contribution in [0.15, 0.2) is 48.8 Å². The van der Waals surface area contributed by atoms with Gasteiger partial charge in [0.15, 0.2) is 0 Å². The van der Waals surface area contributed by atoms with Crippen LogP contribution in [0.25, 0.3) is 0 Å². The van der Waals surface area contributed by atoms with Crippen molar-refractivity contribution in [1.29, 1.82) is 0 Å². The van der Waals surface area contributed by atoms with Gasteiger partial charge in [0.05, 0.1) is 5.56 Å². The number of hydrogen-bond donors (Lipinski definition) is 3. The quantitative estimate of drug-likeness (QED) is 0.625. The standard InChI is InChI=1S/C20H22N4O3/c25-18(7-3-11-22-19(26)14-8-9-14)23-16-5-1-6-17(12-16)24-20(27)15-4-2-10-21-13-15/h1-2,4-6,10,12-14H,3,7-9,11H2,(H,22,26)(H,23,25)(H,24,27). The normalized spacial score (nSPS) is 12.9. The summed E-state index contributed by atoms with van der Waals surface area (Å²) in [5.41, 5.74) is 1.64. The average Bonchev–Trinajstić information content (AvgIpc) is 3.51. The molecular weight excluding hydrogens is 344 g/mol. The van der Waals surface area contributed by atoms with Crippen molar-refractivity contribution < 1.29 is 14.4 Å². The van der Waals surface area contributed by atoms with Crippen molar-refractivity contribution in [2.45, 2.75) is 25.7 Å². The van der Waals surface area contributed by atoms with Crippen LogP contribution in [-0.4, -0.2) is 29.3 Å². The number of aromatic nitrogens is 1. The second kappa shape index (κ2) is 8.93. The van der Waals surface area contributed by atoms with E-state index in [9.17, 15) is 14.4 Å². The molecule has 1 aliphatic carbocycles. The Labute approximate surface area is 157 Å². The number of hydrogen-bond acceptors (Lipinski definition) is 4. The summed E-state index contributed by atoms with van der Waals surface area (Å²) in [7, 11) is 0. The van der Waals surface area contributed by atoms with Crippen LogP contribution in [0.2, 0.25) is 0 Å². The summed E-state index contributed by atoms with van der Waals surface area (Å²) >= 11 is 0. The lowest BCUT2D eigenvalue weighted by Gasteiger charge is -2.09. The first-order valence-corrected chi connectivity index (χ1v) is 9.01. The van der Waals surface area contributed by atoms with Gasteiger partial charge in [-0.1, -0.05) is 6.07 Å². The number of nitrogens with zero attached hydrogens (tertiary/aromatic N) is 1. The highest BCUT2D eigenvalue weighted by Crippen LogP contribution is 2.28. The molecule has 0 aliphatic heterocycles. The zero-order chi connectivity index (χ0) is 19.1. The molecular formula is C20H22N4O3. The van der Waals surface area contributed by atoms with E-state index in [1.807, 2.05) is 0 Å². The summed E-state index contributed by atoms with van der Waals surface area (Å²) in [6.07, 6.45) is 5.94. The molecule has 0 atom stereocenters. The van der Waals surface area contributed by atoms with Gasteiger partial charge in [-0.2, -0.15) is 0 Å². The zero-order valence-corrected chi connectivity index (χ0v) is 14.9. The number of anilines is 2. The molecule has 0 saturated heterocycles. The Kier molecular flexibility index (Phi) is 6.14. The number of amides is 3. The Morgan fingerprint density at radius 2 is 1.81 bits per heavy atom. The predicted molar refractivity (Wildman–Crippen MR) is 102 cm³/mol. The number of rotatable bonds is 8. The molecule has 1 aliphatic rings. The molecule has 1 heterocycles. The smallest absolute Gasteiger partial charge is 0.257 e. The van der Waals surface area contributed by atoms with Gasteiger partial charge < -0.3 is 16.0 Å². The van der Waals surface area contributed by atoms with Crippen LogP contribution in [0, 0.1) is 5.92 Å². The maximum absolute atomic E-state index is 12.2. The minimum Gasteiger partial charge on any atom is -0.356 e. The largest absolute Gasteiger partial charge is 0.356 e. The van der Waals surface area contributed by atoms with Crippen molar-refractivity contribution in [3.05, 3.63) is 54.4 Å². The van der Waals surface area contributed by atoms with Crippen molar-refractivity contribution in [2.24, 2.45) is 5.92 Å². The van der Waals surface area contributed by atoms with E-state index in [1.165, 1.54) is 6.20 Å². The number of carbonyl (C=O) groups excluding carboxylic acids is 3. The fourth-order valence-corrected chi connectivity index (χ4v) is 2.55. The Balaban J connectivity index is 1.44. The molecule has 2 aromatic rings. The molecule has 0 radical (unpaired) electrons. The predicted octanol–water partition coefficient (Wildman–Crippen LogP) is 2.58. The molecule has 0 spiro atoms. The Morgan fingerprint density at radius 3 is 2.52 bits per heavy atom. The number of benzene rings is 1. The van der Waals surface area contributed by atoms with Crippen molar-refractivity contribution in [1.82, 2.24) is 10.3 Å². The van der Waals surface area contributed by atoms with Gasteiger partial charge in [-0.15, -0.1) is 0 Å². The summed E-state index contributed by atoms with van der Waals surface area (Å²) in [6.45, 7) is 0.504. The minimum absolute atomic E-state index is 0.0902. The summed E-state index contributed by atoms with van der Waals surface area (Å²) in [5, 5.41) is 8.42. The van der Waals surface area contributed by atoms with Gasteiger partial charge in [0, 0.05) is 42.7 Å². The zero-order valence-electron chi connectivity index (χ0n) is 14.9. The van der Waals surface area contributed by atoms with E-state index in [1.54, 1.807) is 42.6 Å². The molecule has 3 amide bonds. The van der Waals surface area contributed by atoms with Crippen LogP contribution >= 0.6 is 0 Å². The number of carbonyl (C=O) groups is 3. The summed E-state index contributed by atoms with van der Waals surface area (Å²) in [6, 6.07) is 10.3. The van der Waals surface area contributed by atoms with Gasteiger partial charge >= 0.3 is 0 Å². The highest BCUT2D eigenvalue weighted by molar-refractivity contribution is 6.04. The molecule has 3 rings (SSSR count). The van der Waals surface area contributed by atoms with Crippen LogP contribution in [-0.2, 0) is 9.59 Å². The van der Waals surface area contributed by atoms with Gasteiger partial charge in [0.1, 0.15) is 0 Å². The maximum atomic E-state index is 12.2. The molecule has 7 nitrogen and oxygen atoms in total. The average molecular weight is 366 g/mol. The molecule has 1 aromatic carbocycles. The molecule has 3 N–H and O–H groups in total. The summed E-state index contributed by atoms with van der Waals surface area (Å²) < 4.78 is 0. The Hall–Kier alpha value is -3.22. The first kappa shape index (κ1) is 18.6. The van der Waals surface area contributed by atoms with Crippen LogP contribution < -0.4 is 16.0 Å². The molecule has 140 valence electrons. The summed E-state index contributed by atoms with van der Waals surface area (Å²) in [4.78, 5) is 39.6. The van der Waals surface area contributed by atoms with Crippen molar-refractivity contribution in [3.8, 4) is 0 Å². The molecule has 7 heteroatoms. The molecule has 0 unspecified atom stereocenters. The van der Waals surface area contributed by atoms with Gasteiger partial charge in [-0.05, 0) is 49.6 Å². The fourth-order valence-electron chi connectivity index (χ4n) is 2.55. The third-order valence-corrected chi connectivity index (χ3v) is 4.16. The Morgan fingerprint density at radius 1 is 1.04 bits per heavy atom. The van der Waals surface area contributed by atoms with Crippen molar-refractivity contribution in [3.63, 3.8) is 0 Å². The van der Waals surface area contributed by atoms with E-state index < -0.39 is 0 Å². The molecule has 1 aromatic heterocycles. The second-order valence-electron chi connectivity index (χ2n) is 6.49. The monoisotopic (exact) mass is 366 g/mol. The van der Waals surface area contributed by atoms with Crippen LogP contribution in [0.3, 0.4) is 0 Å². The van der Waals surface area contributed by atoms with Gasteiger partial charge in [0.2, 0.25) is 11.8 Å². The Bertz CT molecular complexity index is 819. The van der Waals surface area contributed by atoms with Crippen LogP contribution in [0.1, 0.15) is 36.0 Å². The lowest BCUT2D eigenvalue weighted by atomic mass is 10.2. The minimum atomic E-state index is -0.266. The third kappa shape index (κ3) is 5.91. The van der Waals surface area contributed by atoms with Crippen LogP contribution in [0.5, 0.6) is 0 Å². The fraction of sp³-hybridized carbons (Fsp3) is 0.300. The highest BCUT2D eigenvalue weighted by atomic mass is 16.2. The maximum Gasteiger partial charge on any atom is 0.257 e. The van der Waals surface area contributed by atoms with E-state index in [-0.39, 0.29) is 23.6 Å². The first-order chi connectivity index (χ1) is 13.1. The summed E-state index contributed by atoms with van der Waals surface area (Å²) in [5.74, 6) is -0.125. The lowest BCUT2D eigenvalue weighted by Crippen LogP contribution is -2.26. The lowest BCUT2D eigenvalue weighted by molar-refractivity contribution is -0.122. The highest BCUT2D eigenvalue weighted by Gasteiger charge is 2.28. The van der Waals surface area contributed by atoms with Crippen molar-refractivity contribution >= 4 is 29.1 Å². The van der Waals surface area contributed by atoms with Crippen molar-refractivity contribution in [2.75, 3.05) is 17.2 Å². The molecule has 1 saturated carbocycles. The topological polar surface area (TPSA) is 100 Å². The number of nitrogens with one attached hydrogen (secondary N) is 3. The van der Waals surface area contributed by atoms with Gasteiger partial charge in [-0.3, -0.25) is 19.4 Å². The molecule has 27 heavy (non-hydrogen) atoms. The van der Waals surface area contributed by atoms with E-state index in [0.29, 0.717) is 36.3 Å². The van der Waals surface area contributed by atoms with Gasteiger partial charge in [0.25, 0.3) is 5.91 Å². The first-order valence-electron chi connectivity index (χ1n) is 9.01. The van der Waals surface area contributed by atoms with Crippen LogP contribution in [0.4, 0.5) is 11.4 Å². The van der Waals surface area contributed by atoms with E-state index in [2.05, 4.69) is 20.9 Å². The van der Waals surface area contributed by atoms with E-state index in [4.69, 9.17) is 0 Å². The number of pyridine rings is 1. The third-order valence-electron chi connectivity index (χ3n) is 4.16.